The fraction of sp³-hybridized carbons (Fsp3) is 0.611. The number of hydrogen-bond acceptors (Lipinski definition) is 1. The smallest absolute Gasteiger partial charge is 0.223 e. The molecule has 0 saturated heterocycles. The quantitative estimate of drug-likeness (QED) is 0.876. The summed E-state index contributed by atoms with van der Waals surface area (Å²) in [5, 5.41) is 3.30. The summed E-state index contributed by atoms with van der Waals surface area (Å²) >= 11 is 0. The number of rotatable bonds is 2. The van der Waals surface area contributed by atoms with Gasteiger partial charge in [0.25, 0.3) is 0 Å². The van der Waals surface area contributed by atoms with Crippen LogP contribution in [0, 0.1) is 11.3 Å². The van der Waals surface area contributed by atoms with Gasteiger partial charge in [0.1, 0.15) is 0 Å². The molecule has 0 heterocycles. The first-order chi connectivity index (χ1) is 9.53. The van der Waals surface area contributed by atoms with Gasteiger partial charge in [0.2, 0.25) is 5.91 Å². The Hall–Kier alpha value is -1.31. The fourth-order valence-corrected chi connectivity index (χ4v) is 3.80. The number of amides is 1. The third-order valence-electron chi connectivity index (χ3n) is 5.03. The van der Waals surface area contributed by atoms with Crippen LogP contribution in [0.4, 0.5) is 0 Å². The van der Waals surface area contributed by atoms with Gasteiger partial charge in [-0.3, -0.25) is 4.79 Å². The van der Waals surface area contributed by atoms with E-state index in [1.807, 2.05) is 0 Å². The first-order valence-electron chi connectivity index (χ1n) is 7.91. The molecule has 2 aliphatic carbocycles. The van der Waals surface area contributed by atoms with E-state index in [9.17, 15) is 4.79 Å². The molecule has 3 rings (SSSR count). The van der Waals surface area contributed by atoms with Crippen molar-refractivity contribution in [1.29, 1.82) is 0 Å². The molecule has 2 aliphatic rings. The average Bonchev–Trinajstić information content (AvgIpc) is 2.77. The normalized spacial score (nSPS) is 27.9. The number of carbonyl (C=O) groups excluding carboxylic acids is 1. The molecular weight excluding hydrogens is 246 g/mol. The Kier molecular flexibility index (Phi) is 3.57. The monoisotopic (exact) mass is 271 g/mol. The summed E-state index contributed by atoms with van der Waals surface area (Å²) in [4.78, 5) is 12.5. The highest BCUT2D eigenvalue weighted by molar-refractivity contribution is 5.79. The van der Waals surface area contributed by atoms with Crippen LogP contribution in [0.1, 0.15) is 50.7 Å². The maximum atomic E-state index is 12.5. The van der Waals surface area contributed by atoms with Crippen LogP contribution in [-0.4, -0.2) is 11.9 Å². The summed E-state index contributed by atoms with van der Waals surface area (Å²) in [6, 6.07) is 8.95. The summed E-state index contributed by atoms with van der Waals surface area (Å²) in [5.74, 6) is 0.454. The number of aryl methyl sites for hydroxylation is 1. The molecule has 1 amide bonds. The molecule has 1 aromatic rings. The number of benzene rings is 1. The van der Waals surface area contributed by atoms with Crippen molar-refractivity contribution in [1.82, 2.24) is 5.32 Å². The summed E-state index contributed by atoms with van der Waals surface area (Å²) < 4.78 is 0. The van der Waals surface area contributed by atoms with Crippen molar-refractivity contribution >= 4 is 5.91 Å². The van der Waals surface area contributed by atoms with Gasteiger partial charge in [-0.25, -0.2) is 0 Å². The fourth-order valence-electron chi connectivity index (χ4n) is 3.80. The molecule has 1 fully saturated rings. The molecule has 2 nitrogen and oxygen atoms in total. The highest BCUT2D eigenvalue weighted by Gasteiger charge is 2.33. The lowest BCUT2D eigenvalue weighted by molar-refractivity contribution is -0.126. The van der Waals surface area contributed by atoms with E-state index in [0.29, 0.717) is 11.5 Å². The number of fused-ring (bicyclic) bond motifs is 1. The van der Waals surface area contributed by atoms with Crippen molar-refractivity contribution in [3.63, 3.8) is 0 Å². The van der Waals surface area contributed by atoms with Gasteiger partial charge < -0.3 is 5.32 Å². The molecule has 0 radical (unpaired) electrons. The van der Waals surface area contributed by atoms with E-state index in [1.165, 1.54) is 17.5 Å². The molecule has 0 aromatic heterocycles. The topological polar surface area (TPSA) is 29.1 Å². The van der Waals surface area contributed by atoms with Gasteiger partial charge in [0, 0.05) is 12.0 Å². The minimum Gasteiger partial charge on any atom is -0.353 e. The van der Waals surface area contributed by atoms with Gasteiger partial charge in [0.05, 0.1) is 0 Å². The molecule has 0 bridgehead atoms. The van der Waals surface area contributed by atoms with Crippen molar-refractivity contribution in [3.05, 3.63) is 35.4 Å². The Labute approximate surface area is 122 Å². The van der Waals surface area contributed by atoms with Gasteiger partial charge >= 0.3 is 0 Å². The maximum Gasteiger partial charge on any atom is 0.223 e. The standard InChI is InChI=1S/C18H25NO/c1-18(2)10-9-16(12-18)19-17(20)15-8-7-13-5-3-4-6-14(13)11-15/h3-6,15-16H,7-12H2,1-2H3,(H,19,20). The zero-order valence-electron chi connectivity index (χ0n) is 12.6. The SMILES string of the molecule is CC1(C)CCC(NC(=O)C2CCc3ccccc3C2)C1. The predicted molar refractivity (Wildman–Crippen MR) is 81.5 cm³/mol. The van der Waals surface area contributed by atoms with E-state index in [4.69, 9.17) is 0 Å². The Morgan fingerprint density at radius 1 is 1.20 bits per heavy atom. The lowest BCUT2D eigenvalue weighted by Gasteiger charge is -2.25. The van der Waals surface area contributed by atoms with Crippen LogP contribution in [0.15, 0.2) is 24.3 Å². The molecule has 2 atom stereocenters. The van der Waals surface area contributed by atoms with Crippen LogP contribution in [0.25, 0.3) is 0 Å². The van der Waals surface area contributed by atoms with E-state index >= 15 is 0 Å². The summed E-state index contributed by atoms with van der Waals surface area (Å²) in [5.41, 5.74) is 3.20. The third kappa shape index (κ3) is 2.89. The van der Waals surface area contributed by atoms with E-state index in [2.05, 4.69) is 43.4 Å². The minimum absolute atomic E-state index is 0.175. The molecule has 1 N–H and O–H groups in total. The largest absolute Gasteiger partial charge is 0.353 e. The van der Waals surface area contributed by atoms with Crippen LogP contribution >= 0.6 is 0 Å². The van der Waals surface area contributed by atoms with Gasteiger partial charge in [-0.15, -0.1) is 0 Å². The average molecular weight is 271 g/mol. The van der Waals surface area contributed by atoms with Crippen LogP contribution in [0.3, 0.4) is 0 Å². The summed E-state index contributed by atoms with van der Waals surface area (Å²) in [6.07, 6.45) is 6.46. The number of carbonyl (C=O) groups is 1. The second-order valence-corrected chi connectivity index (χ2v) is 7.32. The lowest BCUT2D eigenvalue weighted by atomic mass is 9.83. The summed E-state index contributed by atoms with van der Waals surface area (Å²) in [6.45, 7) is 4.60. The maximum absolute atomic E-state index is 12.5. The van der Waals surface area contributed by atoms with Crippen LogP contribution in [0.2, 0.25) is 0 Å². The second kappa shape index (κ2) is 5.23. The zero-order valence-corrected chi connectivity index (χ0v) is 12.6. The van der Waals surface area contributed by atoms with Crippen LogP contribution < -0.4 is 5.32 Å². The molecule has 2 unspecified atom stereocenters. The van der Waals surface area contributed by atoms with Crippen molar-refractivity contribution in [2.45, 2.75) is 58.4 Å². The Morgan fingerprint density at radius 2 is 1.95 bits per heavy atom. The highest BCUT2D eigenvalue weighted by atomic mass is 16.1. The molecule has 1 aromatic carbocycles. The van der Waals surface area contributed by atoms with Crippen molar-refractivity contribution in [2.75, 3.05) is 0 Å². The van der Waals surface area contributed by atoms with E-state index in [-0.39, 0.29) is 11.8 Å². The van der Waals surface area contributed by atoms with Crippen LogP contribution in [0.5, 0.6) is 0 Å². The highest BCUT2D eigenvalue weighted by Crippen LogP contribution is 2.37. The molecule has 0 spiro atoms. The van der Waals surface area contributed by atoms with Crippen LogP contribution in [-0.2, 0) is 17.6 Å². The summed E-state index contributed by atoms with van der Waals surface area (Å²) in [7, 11) is 0. The molecule has 0 aliphatic heterocycles. The lowest BCUT2D eigenvalue weighted by Crippen LogP contribution is -2.39. The third-order valence-corrected chi connectivity index (χ3v) is 5.03. The van der Waals surface area contributed by atoms with Crippen molar-refractivity contribution < 1.29 is 4.79 Å². The Morgan fingerprint density at radius 3 is 2.65 bits per heavy atom. The van der Waals surface area contributed by atoms with E-state index < -0.39 is 0 Å². The predicted octanol–water partition coefficient (Wildman–Crippen LogP) is 3.49. The zero-order chi connectivity index (χ0) is 14.2. The Balaban J connectivity index is 1.59. The van der Waals surface area contributed by atoms with Gasteiger partial charge in [0.15, 0.2) is 0 Å². The van der Waals surface area contributed by atoms with Gasteiger partial charge in [-0.05, 0) is 55.1 Å². The molecule has 2 heteroatoms. The van der Waals surface area contributed by atoms with Gasteiger partial charge in [-0.2, -0.15) is 0 Å². The first-order valence-corrected chi connectivity index (χ1v) is 7.91. The minimum atomic E-state index is 0.175. The van der Waals surface area contributed by atoms with E-state index in [0.717, 1.165) is 32.1 Å². The molecular formula is C18H25NO. The van der Waals surface area contributed by atoms with Crippen molar-refractivity contribution in [2.24, 2.45) is 11.3 Å². The number of nitrogens with one attached hydrogen (secondary N) is 1. The van der Waals surface area contributed by atoms with Crippen molar-refractivity contribution in [3.8, 4) is 0 Å². The first kappa shape index (κ1) is 13.7. The van der Waals surface area contributed by atoms with Gasteiger partial charge in [-0.1, -0.05) is 38.1 Å². The second-order valence-electron chi connectivity index (χ2n) is 7.32. The number of hydrogen-bond donors (Lipinski definition) is 1. The molecule has 1 saturated carbocycles. The molecule has 108 valence electrons. The van der Waals surface area contributed by atoms with E-state index in [1.54, 1.807) is 0 Å². The molecule has 20 heavy (non-hydrogen) atoms. The Bertz CT molecular complexity index is 506.